The lowest BCUT2D eigenvalue weighted by Crippen LogP contribution is -1.93. The second-order valence-electron chi connectivity index (χ2n) is 3.42. The van der Waals surface area contributed by atoms with Gasteiger partial charge >= 0.3 is 0 Å². The summed E-state index contributed by atoms with van der Waals surface area (Å²) in [5.41, 5.74) is 6.54. The summed E-state index contributed by atoms with van der Waals surface area (Å²) < 4.78 is 0. The number of benzene rings is 1. The van der Waals surface area contributed by atoms with Crippen molar-refractivity contribution in [2.45, 2.75) is 10.6 Å². The minimum atomic E-state index is 0.528. The molecule has 2 N–H and O–H groups in total. The van der Waals surface area contributed by atoms with Gasteiger partial charge in [-0.3, -0.25) is 0 Å². The number of hydrogen-bond acceptors (Lipinski definition) is 3. The van der Waals surface area contributed by atoms with E-state index in [1.165, 1.54) is 0 Å². The van der Waals surface area contributed by atoms with Crippen molar-refractivity contribution in [3.05, 3.63) is 52.1 Å². The molecule has 0 amide bonds. The lowest BCUT2D eigenvalue weighted by Gasteiger charge is -2.05. The molecule has 0 atom stereocenters. The van der Waals surface area contributed by atoms with Crippen molar-refractivity contribution in [2.75, 3.05) is 5.73 Å². The van der Waals surface area contributed by atoms with Gasteiger partial charge in [-0.1, -0.05) is 29.3 Å². The van der Waals surface area contributed by atoms with Crippen molar-refractivity contribution >= 4 is 40.8 Å². The van der Waals surface area contributed by atoms with E-state index < -0.39 is 0 Å². The number of hydrogen-bond donors (Lipinski definition) is 1. The Morgan fingerprint density at radius 3 is 2.76 bits per heavy atom. The molecule has 0 fully saturated rings. The molecule has 0 unspecified atom stereocenters. The first kappa shape index (κ1) is 12.6. The Hall–Kier alpha value is -0.900. The molecule has 1 aromatic heterocycles. The third-order valence-electron chi connectivity index (χ3n) is 2.10. The number of anilines is 1. The predicted octanol–water partition coefficient (Wildman–Crippen LogP) is 4.26. The Morgan fingerprint density at radius 2 is 2.00 bits per heavy atom. The zero-order chi connectivity index (χ0) is 12.3. The fourth-order valence-corrected chi connectivity index (χ4v) is 2.72. The number of halogens is 2. The van der Waals surface area contributed by atoms with Crippen LogP contribution in [0.1, 0.15) is 5.69 Å². The van der Waals surface area contributed by atoms with Gasteiger partial charge in [0.2, 0.25) is 0 Å². The Bertz CT molecular complexity index is 532. The van der Waals surface area contributed by atoms with Crippen molar-refractivity contribution in [3.63, 3.8) is 0 Å². The fraction of sp³-hybridized carbons (Fsp3) is 0.0833. The van der Waals surface area contributed by atoms with Crippen molar-refractivity contribution in [1.82, 2.24) is 4.98 Å². The molecule has 5 heteroatoms. The Labute approximate surface area is 114 Å². The highest BCUT2D eigenvalue weighted by atomic mass is 35.5. The number of nitrogens with zero attached hydrogens (tertiary/aromatic N) is 1. The van der Waals surface area contributed by atoms with Crippen molar-refractivity contribution in [1.29, 1.82) is 0 Å². The van der Waals surface area contributed by atoms with Crippen LogP contribution in [-0.4, -0.2) is 4.98 Å². The van der Waals surface area contributed by atoms with Crippen LogP contribution < -0.4 is 5.73 Å². The van der Waals surface area contributed by atoms with E-state index in [0.717, 1.165) is 10.6 Å². The lowest BCUT2D eigenvalue weighted by atomic mass is 10.4. The average molecular weight is 285 g/mol. The lowest BCUT2D eigenvalue weighted by molar-refractivity contribution is 1.18. The molecule has 2 nitrogen and oxygen atoms in total. The van der Waals surface area contributed by atoms with Gasteiger partial charge in [0.25, 0.3) is 0 Å². The summed E-state index contributed by atoms with van der Waals surface area (Å²) in [6.07, 6.45) is 0. The molecule has 0 aliphatic heterocycles. The maximum atomic E-state index is 6.07. The van der Waals surface area contributed by atoms with Crippen LogP contribution in [0.25, 0.3) is 0 Å². The summed E-state index contributed by atoms with van der Waals surface area (Å²) in [7, 11) is 0. The van der Waals surface area contributed by atoms with Crippen molar-refractivity contribution < 1.29 is 0 Å². The van der Waals surface area contributed by atoms with Gasteiger partial charge < -0.3 is 5.73 Å². The minimum Gasteiger partial charge on any atom is -0.384 e. The van der Waals surface area contributed by atoms with Gasteiger partial charge in [0.15, 0.2) is 0 Å². The molecule has 0 bridgehead atoms. The summed E-state index contributed by atoms with van der Waals surface area (Å²) in [6, 6.07) is 11.0. The van der Waals surface area contributed by atoms with E-state index in [4.69, 9.17) is 28.9 Å². The number of aromatic nitrogens is 1. The maximum Gasteiger partial charge on any atom is 0.123 e. The fourth-order valence-electron chi connectivity index (χ4n) is 1.32. The largest absolute Gasteiger partial charge is 0.384 e. The molecule has 0 radical (unpaired) electrons. The van der Waals surface area contributed by atoms with E-state index in [9.17, 15) is 0 Å². The Balaban J connectivity index is 2.09. The van der Waals surface area contributed by atoms with Gasteiger partial charge in [-0.15, -0.1) is 11.8 Å². The Morgan fingerprint density at radius 1 is 1.18 bits per heavy atom. The molecular formula is C12H10Cl2N2S. The number of nitrogens with two attached hydrogens (primary N) is 1. The highest BCUT2D eigenvalue weighted by Gasteiger charge is 2.03. The molecule has 2 rings (SSSR count). The SMILES string of the molecule is Nc1cccc(CSc2cc(Cl)ccc2Cl)n1. The first-order valence-electron chi connectivity index (χ1n) is 4.94. The second kappa shape index (κ2) is 5.63. The van der Waals surface area contributed by atoms with Crippen LogP contribution in [-0.2, 0) is 5.75 Å². The van der Waals surface area contributed by atoms with E-state index >= 15 is 0 Å². The standard InChI is InChI=1S/C12H10Cl2N2S/c13-8-4-5-10(14)11(6-8)17-7-9-2-1-3-12(15)16-9/h1-6H,7H2,(H2,15,16). The zero-order valence-electron chi connectivity index (χ0n) is 8.86. The van der Waals surface area contributed by atoms with Crippen LogP contribution in [0.2, 0.25) is 10.0 Å². The second-order valence-corrected chi connectivity index (χ2v) is 5.28. The molecule has 1 aromatic carbocycles. The van der Waals surface area contributed by atoms with Crippen LogP contribution in [0, 0.1) is 0 Å². The number of nitrogen functional groups attached to an aromatic ring is 1. The number of thioether (sulfide) groups is 1. The smallest absolute Gasteiger partial charge is 0.123 e. The summed E-state index contributed by atoms with van der Waals surface area (Å²) in [6.45, 7) is 0. The van der Waals surface area contributed by atoms with E-state index in [2.05, 4.69) is 4.98 Å². The molecule has 0 aliphatic rings. The topological polar surface area (TPSA) is 38.9 Å². The van der Waals surface area contributed by atoms with Crippen LogP contribution in [0.15, 0.2) is 41.3 Å². The first-order valence-corrected chi connectivity index (χ1v) is 6.68. The van der Waals surface area contributed by atoms with Gasteiger partial charge in [-0.05, 0) is 30.3 Å². The summed E-state index contributed by atoms with van der Waals surface area (Å²) in [4.78, 5) is 5.17. The average Bonchev–Trinajstić information content (AvgIpc) is 2.30. The van der Waals surface area contributed by atoms with Gasteiger partial charge in [0.1, 0.15) is 5.82 Å². The normalized spacial score (nSPS) is 10.5. The summed E-state index contributed by atoms with van der Waals surface area (Å²) >= 11 is 13.6. The maximum absolute atomic E-state index is 6.07. The monoisotopic (exact) mass is 284 g/mol. The Kier molecular flexibility index (Phi) is 4.15. The van der Waals surface area contributed by atoms with E-state index in [1.54, 1.807) is 30.0 Å². The van der Waals surface area contributed by atoms with Gasteiger partial charge in [0.05, 0.1) is 10.7 Å². The van der Waals surface area contributed by atoms with Gasteiger partial charge in [0, 0.05) is 15.7 Å². The van der Waals surface area contributed by atoms with Crippen LogP contribution >= 0.6 is 35.0 Å². The molecule has 1 heterocycles. The van der Waals surface area contributed by atoms with E-state index in [0.29, 0.717) is 21.6 Å². The van der Waals surface area contributed by atoms with Gasteiger partial charge in [-0.2, -0.15) is 0 Å². The molecule has 0 aliphatic carbocycles. The highest BCUT2D eigenvalue weighted by Crippen LogP contribution is 2.31. The van der Waals surface area contributed by atoms with Crippen molar-refractivity contribution in [2.24, 2.45) is 0 Å². The highest BCUT2D eigenvalue weighted by molar-refractivity contribution is 7.98. The van der Waals surface area contributed by atoms with Crippen LogP contribution in [0.4, 0.5) is 5.82 Å². The summed E-state index contributed by atoms with van der Waals surface area (Å²) in [5, 5.41) is 1.38. The molecule has 2 aromatic rings. The quantitative estimate of drug-likeness (QED) is 0.856. The van der Waals surface area contributed by atoms with Crippen molar-refractivity contribution in [3.8, 4) is 0 Å². The molecule has 0 saturated heterocycles. The zero-order valence-corrected chi connectivity index (χ0v) is 11.2. The third-order valence-corrected chi connectivity index (χ3v) is 3.86. The molecule has 0 saturated carbocycles. The predicted molar refractivity (Wildman–Crippen MR) is 74.7 cm³/mol. The number of rotatable bonds is 3. The molecular weight excluding hydrogens is 275 g/mol. The molecule has 88 valence electrons. The number of pyridine rings is 1. The van der Waals surface area contributed by atoms with Crippen LogP contribution in [0.3, 0.4) is 0 Å². The summed E-state index contributed by atoms with van der Waals surface area (Å²) in [5.74, 6) is 1.24. The van der Waals surface area contributed by atoms with E-state index in [-0.39, 0.29) is 0 Å². The van der Waals surface area contributed by atoms with Crippen LogP contribution in [0.5, 0.6) is 0 Å². The third kappa shape index (κ3) is 3.53. The molecule has 17 heavy (non-hydrogen) atoms. The minimum absolute atomic E-state index is 0.528. The first-order chi connectivity index (χ1) is 8.15. The van der Waals surface area contributed by atoms with Gasteiger partial charge in [-0.25, -0.2) is 4.98 Å². The molecule has 0 spiro atoms. The van der Waals surface area contributed by atoms with E-state index in [1.807, 2.05) is 18.2 Å².